The number of amides is 1. The Bertz CT molecular complexity index is 1110. The monoisotopic (exact) mass is 439 g/mol. The molecule has 0 bridgehead atoms. The fourth-order valence-electron chi connectivity index (χ4n) is 3.03. The van der Waals surface area contributed by atoms with Gasteiger partial charge in [0.1, 0.15) is 5.69 Å². The number of nitrogens with two attached hydrogens (primary N) is 1. The Morgan fingerprint density at radius 3 is 2.60 bits per heavy atom. The maximum absolute atomic E-state index is 12.8. The summed E-state index contributed by atoms with van der Waals surface area (Å²) in [5, 5.41) is 2.59. The second-order valence-electron chi connectivity index (χ2n) is 7.12. The molecule has 1 aromatic heterocycles. The number of rotatable bonds is 3. The van der Waals surface area contributed by atoms with Crippen molar-refractivity contribution in [3.05, 3.63) is 59.4 Å². The van der Waals surface area contributed by atoms with Gasteiger partial charge in [-0.2, -0.15) is 13.2 Å². The first-order valence-corrected chi connectivity index (χ1v) is 10.6. The molecule has 0 saturated carbocycles. The van der Waals surface area contributed by atoms with E-state index in [1.54, 1.807) is 38.2 Å². The molecule has 2 atom stereocenters. The van der Waals surface area contributed by atoms with E-state index in [2.05, 4.69) is 21.2 Å². The van der Waals surface area contributed by atoms with Crippen molar-refractivity contribution in [3.8, 4) is 0 Å². The van der Waals surface area contributed by atoms with Crippen molar-refractivity contribution in [2.45, 2.75) is 18.6 Å². The molecule has 0 fully saturated rings. The smallest absolute Gasteiger partial charge is 0.369 e. The number of pyridine rings is 1. The van der Waals surface area contributed by atoms with E-state index < -0.39 is 32.9 Å². The average Bonchev–Trinajstić information content (AvgIpc) is 2.65. The van der Waals surface area contributed by atoms with E-state index in [1.165, 1.54) is 4.31 Å². The van der Waals surface area contributed by atoms with Crippen LogP contribution in [0.15, 0.2) is 47.6 Å². The molecule has 1 aliphatic rings. The van der Waals surface area contributed by atoms with Crippen molar-refractivity contribution in [3.63, 3.8) is 0 Å². The minimum absolute atomic E-state index is 0.0899. The number of aromatic nitrogens is 1. The highest BCUT2D eigenvalue weighted by molar-refractivity contribution is 7.98. The normalized spacial score (nSPS) is 24.3. The molecule has 7 nitrogen and oxygen atoms in total. The molecule has 1 aliphatic heterocycles. The van der Waals surface area contributed by atoms with Crippen LogP contribution < -0.4 is 11.1 Å². The van der Waals surface area contributed by atoms with Crippen LogP contribution in [0.5, 0.6) is 0 Å². The lowest BCUT2D eigenvalue weighted by Crippen LogP contribution is -2.50. The van der Waals surface area contributed by atoms with Crippen LogP contribution in [0.1, 0.15) is 28.5 Å². The number of guanidine groups is 1. The predicted molar refractivity (Wildman–Crippen MR) is 111 cm³/mol. The molecule has 11 heteroatoms. The molecule has 2 aromatic rings. The van der Waals surface area contributed by atoms with Crippen LogP contribution in [-0.2, 0) is 21.4 Å². The number of nitrogens with zero attached hydrogens (tertiary/aromatic N) is 3. The molecular weight excluding hydrogens is 419 g/mol. The van der Waals surface area contributed by atoms with Crippen LogP contribution >= 0.6 is 0 Å². The average molecular weight is 439 g/mol. The number of hydrogen-bond acceptors (Lipinski definition) is 5. The molecule has 3 rings (SSSR count). The molecule has 0 saturated heterocycles. The number of alkyl halides is 3. The molecule has 1 unspecified atom stereocenters. The van der Waals surface area contributed by atoms with Gasteiger partial charge in [-0.15, -0.1) is 0 Å². The number of carbonyl (C=O) groups is 1. The zero-order chi connectivity index (χ0) is 22.3. The molecule has 3 N–H and O–H groups in total. The highest BCUT2D eigenvalue weighted by Gasteiger charge is 2.37. The quantitative estimate of drug-likeness (QED) is 0.718. The standard InChI is InChI=1S/C19H20F3N5O2S/c1-18(11-30(3,29)27(2)17(23)26-18)12-5-4-6-14(9-12)25-16(28)15-8-7-13(10-24-15)19(20,21)22/h4-10H,3,11H2,1-2H3,(H2,23,26)(H,25,28)/t18-,30?/m0/s1. The first kappa shape index (κ1) is 21.6. The van der Waals surface area contributed by atoms with E-state index in [0.29, 0.717) is 17.4 Å². The van der Waals surface area contributed by atoms with Crippen LogP contribution in [0.4, 0.5) is 18.9 Å². The Kier molecular flexibility index (Phi) is 5.27. The summed E-state index contributed by atoms with van der Waals surface area (Å²) < 4.78 is 52.1. The lowest BCUT2D eigenvalue weighted by atomic mass is 9.94. The molecule has 0 radical (unpaired) electrons. The fourth-order valence-corrected chi connectivity index (χ4v) is 4.72. The summed E-state index contributed by atoms with van der Waals surface area (Å²) in [4.78, 5) is 20.4. The van der Waals surface area contributed by atoms with Crippen molar-refractivity contribution < 1.29 is 22.2 Å². The highest BCUT2D eigenvalue weighted by Crippen LogP contribution is 2.33. The lowest BCUT2D eigenvalue weighted by molar-refractivity contribution is -0.137. The van der Waals surface area contributed by atoms with Crippen LogP contribution in [-0.4, -0.2) is 44.0 Å². The van der Waals surface area contributed by atoms with Gasteiger partial charge < -0.3 is 11.1 Å². The minimum Gasteiger partial charge on any atom is -0.369 e. The fraction of sp³-hybridized carbons (Fsp3) is 0.263. The number of anilines is 1. The highest BCUT2D eigenvalue weighted by atomic mass is 32.2. The Hall–Kier alpha value is -3.08. The Morgan fingerprint density at radius 2 is 2.03 bits per heavy atom. The summed E-state index contributed by atoms with van der Waals surface area (Å²) in [6.07, 6.45) is -3.93. The van der Waals surface area contributed by atoms with Gasteiger partial charge in [0.15, 0.2) is 0 Å². The molecule has 1 aromatic carbocycles. The largest absolute Gasteiger partial charge is 0.417 e. The van der Waals surface area contributed by atoms with E-state index >= 15 is 0 Å². The molecule has 30 heavy (non-hydrogen) atoms. The third kappa shape index (κ3) is 4.25. The summed E-state index contributed by atoms with van der Waals surface area (Å²) in [5.74, 6) is 3.29. The number of carbonyl (C=O) groups excluding carboxylic acids is 1. The zero-order valence-electron chi connectivity index (χ0n) is 16.2. The minimum atomic E-state index is -4.53. The zero-order valence-corrected chi connectivity index (χ0v) is 17.0. The molecular formula is C19H20F3N5O2S. The molecule has 1 amide bonds. The lowest BCUT2D eigenvalue weighted by Gasteiger charge is -2.37. The van der Waals surface area contributed by atoms with E-state index in [4.69, 9.17) is 5.73 Å². The van der Waals surface area contributed by atoms with Crippen molar-refractivity contribution in [1.29, 1.82) is 0 Å². The summed E-state index contributed by atoms with van der Waals surface area (Å²) >= 11 is 0. The topological polar surface area (TPSA) is 101 Å². The Labute approximate surface area is 172 Å². The van der Waals surface area contributed by atoms with Gasteiger partial charge >= 0.3 is 6.18 Å². The van der Waals surface area contributed by atoms with Crippen LogP contribution in [0.2, 0.25) is 0 Å². The summed E-state index contributed by atoms with van der Waals surface area (Å²) in [5.41, 5.74) is 4.89. The predicted octanol–water partition coefficient (Wildman–Crippen LogP) is 2.46. The van der Waals surface area contributed by atoms with Crippen molar-refractivity contribution in [2.75, 3.05) is 18.1 Å². The van der Waals surface area contributed by atoms with Crippen LogP contribution in [0, 0.1) is 0 Å². The van der Waals surface area contributed by atoms with Gasteiger partial charge in [-0.25, -0.2) is 9.20 Å². The number of hydrogen-bond donors (Lipinski definition) is 2. The van der Waals surface area contributed by atoms with E-state index in [0.717, 1.165) is 12.1 Å². The van der Waals surface area contributed by atoms with Gasteiger partial charge in [0.25, 0.3) is 5.91 Å². The first-order chi connectivity index (χ1) is 13.8. The summed E-state index contributed by atoms with van der Waals surface area (Å²) in [6, 6.07) is 8.47. The van der Waals surface area contributed by atoms with E-state index in [9.17, 15) is 22.2 Å². The number of nitrogens with one attached hydrogen (secondary N) is 1. The van der Waals surface area contributed by atoms with Gasteiger partial charge in [-0.1, -0.05) is 12.1 Å². The van der Waals surface area contributed by atoms with Crippen LogP contribution in [0.3, 0.4) is 0 Å². The Balaban J connectivity index is 1.85. The second-order valence-corrected chi connectivity index (χ2v) is 9.50. The van der Waals surface area contributed by atoms with Crippen molar-refractivity contribution in [1.82, 2.24) is 9.29 Å². The van der Waals surface area contributed by atoms with Gasteiger partial charge in [0, 0.05) is 18.9 Å². The Morgan fingerprint density at radius 1 is 1.33 bits per heavy atom. The van der Waals surface area contributed by atoms with Gasteiger partial charge in [-0.05, 0) is 42.6 Å². The second kappa shape index (κ2) is 7.31. The molecule has 0 aliphatic carbocycles. The molecule has 160 valence electrons. The molecule has 2 heterocycles. The maximum atomic E-state index is 12.8. The maximum Gasteiger partial charge on any atom is 0.417 e. The third-order valence-electron chi connectivity index (χ3n) is 4.76. The number of aliphatic imine (C=N–C) groups is 1. The van der Waals surface area contributed by atoms with Crippen molar-refractivity contribution in [2.24, 2.45) is 10.7 Å². The number of halogens is 3. The molecule has 0 spiro atoms. The number of benzene rings is 1. The summed E-state index contributed by atoms with van der Waals surface area (Å²) in [7, 11) is -1.12. The van der Waals surface area contributed by atoms with Gasteiger partial charge in [0.05, 0.1) is 26.6 Å². The third-order valence-corrected chi connectivity index (χ3v) is 6.95. The van der Waals surface area contributed by atoms with Crippen molar-refractivity contribution >= 4 is 33.1 Å². The van der Waals surface area contributed by atoms with Crippen LogP contribution in [0.25, 0.3) is 0 Å². The van der Waals surface area contributed by atoms with E-state index in [1.807, 2.05) is 0 Å². The van der Waals surface area contributed by atoms with E-state index in [-0.39, 0.29) is 17.4 Å². The SMILES string of the molecule is C=S1(=O)C[C@@](C)(c2cccc(NC(=O)c3ccc(C(F)(F)F)cn3)c2)N=C(N)N1C. The summed E-state index contributed by atoms with van der Waals surface area (Å²) in [6.45, 7) is 1.76. The first-order valence-electron chi connectivity index (χ1n) is 8.71. The van der Waals surface area contributed by atoms with Gasteiger partial charge in [0.2, 0.25) is 5.96 Å². The van der Waals surface area contributed by atoms with Gasteiger partial charge in [-0.3, -0.25) is 14.1 Å².